The molecule has 2 aliphatic heterocycles. The van der Waals surface area contributed by atoms with Gasteiger partial charge in [0.05, 0.1) is 6.21 Å². The molecule has 1 aromatic heterocycles. The molecule has 0 saturated carbocycles. The number of hydrazone groups is 1. The average Bonchev–Trinajstić information content (AvgIpc) is 2.97. The zero-order valence-corrected chi connectivity index (χ0v) is 22.3. The van der Waals surface area contributed by atoms with Gasteiger partial charge < -0.3 is 19.3 Å². The smallest absolute Gasteiger partial charge is 0.229 e. The number of nitrogens with zero attached hydrogens (tertiary/aromatic N) is 5. The Kier molecular flexibility index (Phi) is 8.92. The summed E-state index contributed by atoms with van der Waals surface area (Å²) in [4.78, 5) is 14.4. The van der Waals surface area contributed by atoms with Gasteiger partial charge in [-0.1, -0.05) is 12.1 Å². The number of aromatic nitrogens is 2. The van der Waals surface area contributed by atoms with Crippen LogP contribution in [0.15, 0.2) is 59.7 Å². The highest BCUT2D eigenvalue weighted by atomic mass is 16.5. The normalized spacial score (nSPS) is 16.0. The maximum absolute atomic E-state index is 5.82. The van der Waals surface area contributed by atoms with Gasteiger partial charge >= 0.3 is 0 Å². The van der Waals surface area contributed by atoms with E-state index in [2.05, 4.69) is 33.3 Å². The Morgan fingerprint density at radius 1 is 0.789 bits per heavy atom. The summed E-state index contributed by atoms with van der Waals surface area (Å²) in [5, 5.41) is 4.47. The van der Waals surface area contributed by atoms with Crippen molar-refractivity contribution in [2.24, 2.45) is 5.10 Å². The van der Waals surface area contributed by atoms with Gasteiger partial charge in [0.25, 0.3) is 0 Å². The first-order valence-corrected chi connectivity index (χ1v) is 13.8. The summed E-state index contributed by atoms with van der Waals surface area (Å²) >= 11 is 0. The lowest BCUT2D eigenvalue weighted by Crippen LogP contribution is -2.33. The monoisotopic (exact) mass is 514 g/mol. The van der Waals surface area contributed by atoms with Crippen molar-refractivity contribution in [2.45, 2.75) is 45.4 Å². The van der Waals surface area contributed by atoms with Crippen LogP contribution in [0, 0.1) is 6.92 Å². The van der Waals surface area contributed by atoms with Gasteiger partial charge in [-0.3, -0.25) is 5.43 Å². The zero-order chi connectivity index (χ0) is 26.0. The van der Waals surface area contributed by atoms with Crippen LogP contribution in [0.25, 0.3) is 0 Å². The number of rotatable bonds is 10. The molecule has 0 spiro atoms. The van der Waals surface area contributed by atoms with Crippen LogP contribution in [0.1, 0.15) is 49.7 Å². The Morgan fingerprint density at radius 3 is 2.18 bits per heavy atom. The summed E-state index contributed by atoms with van der Waals surface area (Å²) in [5.41, 5.74) is 5.30. The van der Waals surface area contributed by atoms with Gasteiger partial charge in [0.1, 0.15) is 30.5 Å². The number of anilines is 3. The molecule has 2 aliphatic rings. The fraction of sp³-hybridized carbons (Fsp3) is 0.433. The summed E-state index contributed by atoms with van der Waals surface area (Å²) in [6.07, 6.45) is 9.18. The van der Waals surface area contributed by atoms with Crippen molar-refractivity contribution in [1.82, 2.24) is 9.97 Å². The van der Waals surface area contributed by atoms with Gasteiger partial charge in [-0.05, 0) is 93.0 Å². The van der Waals surface area contributed by atoms with E-state index in [1.165, 1.54) is 44.1 Å². The number of hydrogen-bond acceptors (Lipinski definition) is 8. The molecule has 200 valence electrons. The van der Waals surface area contributed by atoms with E-state index >= 15 is 0 Å². The van der Waals surface area contributed by atoms with Crippen molar-refractivity contribution in [1.29, 1.82) is 0 Å². The number of hydrogen-bond donors (Lipinski definition) is 1. The van der Waals surface area contributed by atoms with E-state index in [0.717, 1.165) is 60.8 Å². The molecule has 38 heavy (non-hydrogen) atoms. The number of ether oxygens (including phenoxy) is 2. The molecule has 0 radical (unpaired) electrons. The van der Waals surface area contributed by atoms with Crippen molar-refractivity contribution in [3.05, 3.63) is 65.7 Å². The first-order chi connectivity index (χ1) is 18.7. The van der Waals surface area contributed by atoms with E-state index in [9.17, 15) is 0 Å². The molecule has 5 rings (SSSR count). The lowest BCUT2D eigenvalue weighted by atomic mass is 10.1. The highest BCUT2D eigenvalue weighted by Crippen LogP contribution is 2.25. The Labute approximate surface area is 225 Å². The van der Waals surface area contributed by atoms with E-state index in [-0.39, 0.29) is 0 Å². The first-order valence-electron chi connectivity index (χ1n) is 13.8. The van der Waals surface area contributed by atoms with Crippen molar-refractivity contribution in [3.63, 3.8) is 0 Å². The summed E-state index contributed by atoms with van der Waals surface area (Å²) in [6.45, 7) is 7.15. The van der Waals surface area contributed by atoms with Crippen molar-refractivity contribution >= 4 is 23.8 Å². The molecule has 3 aromatic rings. The Hall–Kier alpha value is -3.81. The second kappa shape index (κ2) is 13.1. The molecule has 2 fully saturated rings. The lowest BCUT2D eigenvalue weighted by Gasteiger charge is -2.31. The average molecular weight is 515 g/mol. The maximum atomic E-state index is 5.82. The Morgan fingerprint density at radius 2 is 1.47 bits per heavy atom. The lowest BCUT2D eigenvalue weighted by molar-refractivity contribution is 0.217. The fourth-order valence-corrected chi connectivity index (χ4v) is 4.85. The highest BCUT2D eigenvalue weighted by molar-refractivity contribution is 5.80. The van der Waals surface area contributed by atoms with Gasteiger partial charge in [0.2, 0.25) is 5.95 Å². The van der Waals surface area contributed by atoms with Crippen molar-refractivity contribution < 1.29 is 9.47 Å². The third kappa shape index (κ3) is 7.37. The second-order valence-corrected chi connectivity index (χ2v) is 9.96. The van der Waals surface area contributed by atoms with Crippen LogP contribution >= 0.6 is 0 Å². The zero-order valence-electron chi connectivity index (χ0n) is 22.3. The predicted octanol–water partition coefficient (Wildman–Crippen LogP) is 5.67. The molecule has 8 nitrogen and oxygen atoms in total. The van der Waals surface area contributed by atoms with Crippen molar-refractivity contribution in [2.75, 3.05) is 54.6 Å². The van der Waals surface area contributed by atoms with E-state index in [1.807, 2.05) is 48.5 Å². The van der Waals surface area contributed by atoms with E-state index in [4.69, 9.17) is 19.4 Å². The predicted molar refractivity (Wildman–Crippen MR) is 154 cm³/mol. The topological polar surface area (TPSA) is 75.1 Å². The van der Waals surface area contributed by atoms with Crippen LogP contribution in [0.5, 0.6) is 11.5 Å². The van der Waals surface area contributed by atoms with Crippen LogP contribution < -0.4 is 24.7 Å². The molecule has 0 bridgehead atoms. The van der Waals surface area contributed by atoms with Crippen LogP contribution in [0.2, 0.25) is 0 Å². The summed E-state index contributed by atoms with van der Waals surface area (Å²) in [7, 11) is 0. The van der Waals surface area contributed by atoms with E-state index < -0.39 is 0 Å². The van der Waals surface area contributed by atoms with Crippen LogP contribution in [0.3, 0.4) is 0 Å². The fourth-order valence-electron chi connectivity index (χ4n) is 4.85. The van der Waals surface area contributed by atoms with Crippen LogP contribution in [-0.2, 0) is 0 Å². The third-order valence-corrected chi connectivity index (χ3v) is 6.90. The molecule has 0 aliphatic carbocycles. The third-order valence-electron chi connectivity index (χ3n) is 6.90. The molecule has 2 saturated heterocycles. The summed E-state index contributed by atoms with van der Waals surface area (Å²) in [5.74, 6) is 4.19. The maximum Gasteiger partial charge on any atom is 0.229 e. The molecule has 2 aromatic carbocycles. The number of benzene rings is 2. The van der Waals surface area contributed by atoms with Crippen LogP contribution in [-0.4, -0.2) is 55.6 Å². The number of piperidine rings is 2. The Bertz CT molecular complexity index is 1150. The van der Waals surface area contributed by atoms with Gasteiger partial charge in [-0.2, -0.15) is 15.1 Å². The largest absolute Gasteiger partial charge is 0.490 e. The minimum atomic E-state index is 0.481. The molecule has 0 amide bonds. The summed E-state index contributed by atoms with van der Waals surface area (Å²) in [6, 6.07) is 17.9. The molecule has 0 unspecified atom stereocenters. The SMILES string of the molecule is Cc1cccc(OCCOc2ccc(/C=N/Nc3cc(N4CCCCC4)nc(N4CCCCC4)n3)cc2)c1. The number of nitrogens with one attached hydrogen (secondary N) is 1. The standard InChI is InChI=1S/C30H38N6O2/c1-24-9-8-10-27(21-24)38-20-19-37-26-13-11-25(12-14-26)23-31-34-28-22-29(35-15-4-2-5-16-35)33-30(32-28)36-17-6-3-7-18-36/h8-14,21-23H,2-7,15-20H2,1H3,(H,32,33,34)/b31-23+. The molecule has 8 heteroatoms. The molecular formula is C30H38N6O2. The van der Waals surface area contributed by atoms with Gasteiger partial charge in [0.15, 0.2) is 5.82 Å². The Balaban J connectivity index is 1.16. The molecule has 0 atom stereocenters. The van der Waals surface area contributed by atoms with Crippen LogP contribution in [0.4, 0.5) is 17.6 Å². The quantitative estimate of drug-likeness (QED) is 0.212. The second-order valence-electron chi connectivity index (χ2n) is 9.96. The molecule has 1 N–H and O–H groups in total. The van der Waals surface area contributed by atoms with Gasteiger partial charge in [0, 0.05) is 32.2 Å². The molecule has 3 heterocycles. The first kappa shape index (κ1) is 25.8. The van der Waals surface area contributed by atoms with Crippen molar-refractivity contribution in [3.8, 4) is 11.5 Å². The van der Waals surface area contributed by atoms with E-state index in [0.29, 0.717) is 13.2 Å². The molecular weight excluding hydrogens is 476 g/mol. The number of aryl methyl sites for hydroxylation is 1. The van der Waals surface area contributed by atoms with E-state index in [1.54, 1.807) is 6.21 Å². The highest BCUT2D eigenvalue weighted by Gasteiger charge is 2.19. The summed E-state index contributed by atoms with van der Waals surface area (Å²) < 4.78 is 11.6. The minimum Gasteiger partial charge on any atom is -0.490 e. The minimum absolute atomic E-state index is 0.481. The van der Waals surface area contributed by atoms with Gasteiger partial charge in [-0.15, -0.1) is 0 Å². The van der Waals surface area contributed by atoms with Gasteiger partial charge in [-0.25, -0.2) is 0 Å².